The fraction of sp³-hybridized carbons (Fsp3) is 0.889. The summed E-state index contributed by atoms with van der Waals surface area (Å²) in [6.45, 7) is 3.84. The monoisotopic (exact) mass is 172 g/mol. The van der Waals surface area contributed by atoms with Crippen LogP contribution in [-0.2, 0) is 9.47 Å². The molecule has 1 saturated carbocycles. The van der Waals surface area contributed by atoms with Crippen LogP contribution in [0.4, 0.5) is 4.79 Å². The first-order valence-electron chi connectivity index (χ1n) is 4.59. The van der Waals surface area contributed by atoms with Crippen molar-refractivity contribution in [3.8, 4) is 0 Å². The molecule has 0 aromatic carbocycles. The molecule has 0 spiro atoms. The van der Waals surface area contributed by atoms with E-state index < -0.39 is 6.16 Å². The lowest BCUT2D eigenvalue weighted by Gasteiger charge is -2.25. The molecule has 1 aliphatic rings. The van der Waals surface area contributed by atoms with E-state index in [-0.39, 0.29) is 12.2 Å². The summed E-state index contributed by atoms with van der Waals surface area (Å²) in [4.78, 5) is 11.0. The summed E-state index contributed by atoms with van der Waals surface area (Å²) in [5.41, 5.74) is 0. The minimum Gasteiger partial charge on any atom is -0.431 e. The van der Waals surface area contributed by atoms with Gasteiger partial charge in [-0.15, -0.1) is 0 Å². The van der Waals surface area contributed by atoms with E-state index in [1.807, 2.05) is 13.8 Å². The van der Waals surface area contributed by atoms with Gasteiger partial charge in [0.2, 0.25) is 0 Å². The molecule has 0 N–H and O–H groups in total. The molecule has 1 fully saturated rings. The Morgan fingerprint density at radius 2 is 2.25 bits per heavy atom. The standard InChI is InChI=1S/C9H16O3/c1-3-7(2)11-9(10)12-8-5-4-6-8/h7-8H,3-6H2,1-2H3/t7-/m1/s1. The fourth-order valence-electron chi connectivity index (χ4n) is 0.900. The van der Waals surface area contributed by atoms with Gasteiger partial charge in [0.25, 0.3) is 0 Å². The number of ether oxygens (including phenoxy) is 2. The zero-order valence-corrected chi connectivity index (χ0v) is 7.71. The molecule has 0 aliphatic heterocycles. The Balaban J connectivity index is 2.10. The van der Waals surface area contributed by atoms with Crippen LogP contribution in [0.3, 0.4) is 0 Å². The number of hydrogen-bond donors (Lipinski definition) is 0. The van der Waals surface area contributed by atoms with Crippen molar-refractivity contribution in [3.63, 3.8) is 0 Å². The molecule has 3 nitrogen and oxygen atoms in total. The normalized spacial score (nSPS) is 19.5. The Morgan fingerprint density at radius 1 is 1.58 bits per heavy atom. The van der Waals surface area contributed by atoms with Gasteiger partial charge in [0, 0.05) is 0 Å². The SMILES string of the molecule is CC[C@@H](C)OC(=O)OC1CCC1. The third-order valence-electron chi connectivity index (χ3n) is 2.19. The Morgan fingerprint density at radius 3 is 2.67 bits per heavy atom. The smallest absolute Gasteiger partial charge is 0.431 e. The molecule has 0 radical (unpaired) electrons. The third kappa shape index (κ3) is 2.72. The van der Waals surface area contributed by atoms with Gasteiger partial charge in [0.15, 0.2) is 0 Å². The van der Waals surface area contributed by atoms with Crippen LogP contribution in [0.15, 0.2) is 0 Å². The molecule has 12 heavy (non-hydrogen) atoms. The Kier molecular flexibility index (Phi) is 3.38. The summed E-state index contributed by atoms with van der Waals surface area (Å²) < 4.78 is 9.94. The maximum atomic E-state index is 11.0. The molecule has 0 saturated heterocycles. The van der Waals surface area contributed by atoms with Crippen LogP contribution in [0.5, 0.6) is 0 Å². The van der Waals surface area contributed by atoms with Crippen molar-refractivity contribution in [1.29, 1.82) is 0 Å². The highest BCUT2D eigenvalue weighted by Gasteiger charge is 2.22. The van der Waals surface area contributed by atoms with Crippen molar-refractivity contribution in [1.82, 2.24) is 0 Å². The fourth-order valence-corrected chi connectivity index (χ4v) is 0.900. The van der Waals surface area contributed by atoms with E-state index in [2.05, 4.69) is 0 Å². The van der Waals surface area contributed by atoms with Crippen molar-refractivity contribution < 1.29 is 14.3 Å². The van der Waals surface area contributed by atoms with E-state index in [1.54, 1.807) is 0 Å². The lowest BCUT2D eigenvalue weighted by atomic mass is 9.96. The van der Waals surface area contributed by atoms with Gasteiger partial charge < -0.3 is 9.47 Å². The second-order valence-corrected chi connectivity index (χ2v) is 3.26. The van der Waals surface area contributed by atoms with Crippen LogP contribution in [-0.4, -0.2) is 18.4 Å². The average Bonchev–Trinajstić information content (AvgIpc) is 1.97. The van der Waals surface area contributed by atoms with Gasteiger partial charge >= 0.3 is 6.16 Å². The summed E-state index contributed by atoms with van der Waals surface area (Å²) in [6, 6.07) is 0. The molecule has 1 atom stereocenters. The second kappa shape index (κ2) is 4.33. The van der Waals surface area contributed by atoms with Gasteiger partial charge in [-0.25, -0.2) is 4.79 Å². The van der Waals surface area contributed by atoms with Crippen LogP contribution in [0.25, 0.3) is 0 Å². The molecular weight excluding hydrogens is 156 g/mol. The van der Waals surface area contributed by atoms with E-state index in [0.717, 1.165) is 19.3 Å². The summed E-state index contributed by atoms with van der Waals surface area (Å²) >= 11 is 0. The van der Waals surface area contributed by atoms with Gasteiger partial charge in [0.1, 0.15) is 12.2 Å². The molecule has 0 aromatic heterocycles. The molecule has 70 valence electrons. The van der Waals surface area contributed by atoms with Crippen molar-refractivity contribution in [2.75, 3.05) is 0 Å². The Labute approximate surface area is 73.0 Å². The van der Waals surface area contributed by atoms with Crippen molar-refractivity contribution >= 4 is 6.16 Å². The highest BCUT2D eigenvalue weighted by molar-refractivity contribution is 5.60. The first-order valence-corrected chi connectivity index (χ1v) is 4.59. The van der Waals surface area contributed by atoms with Crippen LogP contribution < -0.4 is 0 Å². The quantitative estimate of drug-likeness (QED) is 0.613. The molecule has 1 rings (SSSR count). The van der Waals surface area contributed by atoms with Crippen molar-refractivity contribution in [2.24, 2.45) is 0 Å². The van der Waals surface area contributed by atoms with E-state index >= 15 is 0 Å². The highest BCUT2D eigenvalue weighted by Crippen LogP contribution is 2.22. The van der Waals surface area contributed by atoms with E-state index in [4.69, 9.17) is 9.47 Å². The molecule has 0 unspecified atom stereocenters. The zero-order valence-electron chi connectivity index (χ0n) is 7.71. The first kappa shape index (κ1) is 9.36. The Bertz CT molecular complexity index is 143. The van der Waals surface area contributed by atoms with Crippen LogP contribution in [0, 0.1) is 0 Å². The van der Waals surface area contributed by atoms with Crippen LogP contribution >= 0.6 is 0 Å². The van der Waals surface area contributed by atoms with E-state index in [1.165, 1.54) is 6.42 Å². The minimum atomic E-state index is -0.506. The highest BCUT2D eigenvalue weighted by atomic mass is 16.7. The van der Waals surface area contributed by atoms with Crippen LogP contribution in [0.1, 0.15) is 39.5 Å². The second-order valence-electron chi connectivity index (χ2n) is 3.26. The van der Waals surface area contributed by atoms with Gasteiger partial charge in [-0.1, -0.05) is 6.92 Å². The molecule has 1 aliphatic carbocycles. The van der Waals surface area contributed by atoms with Gasteiger partial charge in [0.05, 0.1) is 0 Å². The third-order valence-corrected chi connectivity index (χ3v) is 2.19. The van der Waals surface area contributed by atoms with Crippen molar-refractivity contribution in [2.45, 2.75) is 51.7 Å². The first-order chi connectivity index (χ1) is 5.72. The zero-order chi connectivity index (χ0) is 8.97. The van der Waals surface area contributed by atoms with E-state index in [0.29, 0.717) is 0 Å². The van der Waals surface area contributed by atoms with Gasteiger partial charge in [-0.3, -0.25) is 0 Å². The number of carbonyl (C=O) groups excluding carboxylic acids is 1. The van der Waals surface area contributed by atoms with Crippen LogP contribution in [0.2, 0.25) is 0 Å². The maximum absolute atomic E-state index is 11.0. The number of rotatable bonds is 3. The predicted molar refractivity (Wildman–Crippen MR) is 45.0 cm³/mol. The molecule has 0 heterocycles. The average molecular weight is 172 g/mol. The summed E-state index contributed by atoms with van der Waals surface area (Å²) in [5.74, 6) is 0. The number of carbonyl (C=O) groups is 1. The molecule has 3 heteroatoms. The van der Waals surface area contributed by atoms with Gasteiger partial charge in [-0.05, 0) is 32.6 Å². The Hall–Kier alpha value is -0.730. The molecule has 0 amide bonds. The lowest BCUT2D eigenvalue weighted by Crippen LogP contribution is -2.27. The topological polar surface area (TPSA) is 35.5 Å². The van der Waals surface area contributed by atoms with Gasteiger partial charge in [-0.2, -0.15) is 0 Å². The maximum Gasteiger partial charge on any atom is 0.508 e. The molecule has 0 aromatic rings. The summed E-state index contributed by atoms with van der Waals surface area (Å²) in [7, 11) is 0. The largest absolute Gasteiger partial charge is 0.508 e. The molecule has 0 bridgehead atoms. The summed E-state index contributed by atoms with van der Waals surface area (Å²) in [6.07, 6.45) is 3.58. The number of hydrogen-bond acceptors (Lipinski definition) is 3. The van der Waals surface area contributed by atoms with E-state index in [9.17, 15) is 4.79 Å². The lowest BCUT2D eigenvalue weighted by molar-refractivity contribution is -0.0201. The molecular formula is C9H16O3. The predicted octanol–water partition coefficient (Wildman–Crippen LogP) is 2.49. The summed E-state index contributed by atoms with van der Waals surface area (Å²) in [5, 5.41) is 0. The van der Waals surface area contributed by atoms with Crippen molar-refractivity contribution in [3.05, 3.63) is 0 Å². The minimum absolute atomic E-state index is 0.0300.